The van der Waals surface area contributed by atoms with Crippen LogP contribution in [0.4, 0.5) is 0 Å². The molecule has 0 aliphatic carbocycles. The third-order valence-corrected chi connectivity index (χ3v) is 5.13. The minimum atomic E-state index is -0.916. The Balaban J connectivity index is 1.86. The van der Waals surface area contributed by atoms with E-state index in [4.69, 9.17) is 11.6 Å². The summed E-state index contributed by atoms with van der Waals surface area (Å²) in [5.74, 6) is 0.413. The van der Waals surface area contributed by atoms with Gasteiger partial charge in [-0.3, -0.25) is 4.79 Å². The van der Waals surface area contributed by atoms with Gasteiger partial charge in [0.05, 0.1) is 12.6 Å². The van der Waals surface area contributed by atoms with Crippen molar-refractivity contribution < 1.29 is 9.90 Å². The van der Waals surface area contributed by atoms with E-state index in [0.29, 0.717) is 17.0 Å². The lowest BCUT2D eigenvalue weighted by Gasteiger charge is -2.38. The van der Waals surface area contributed by atoms with E-state index >= 15 is 0 Å². The lowest BCUT2D eigenvalue weighted by atomic mass is 10.0. The van der Waals surface area contributed by atoms with Crippen LogP contribution in [0.2, 0.25) is 5.15 Å². The van der Waals surface area contributed by atoms with Crippen LogP contribution in [0, 0.1) is 0 Å². The Morgan fingerprint density at radius 2 is 2.04 bits per heavy atom. The van der Waals surface area contributed by atoms with Crippen LogP contribution >= 0.6 is 11.6 Å². The molecule has 1 amide bonds. The predicted octanol–water partition coefficient (Wildman–Crippen LogP) is 1.83. The molecule has 0 unspecified atom stereocenters. The minimum absolute atomic E-state index is 0.0189. The second-order valence-electron chi connectivity index (χ2n) is 6.05. The molecule has 1 aromatic heterocycles. The van der Waals surface area contributed by atoms with Crippen molar-refractivity contribution in [2.75, 3.05) is 26.2 Å². The molecule has 1 aromatic rings. The highest BCUT2D eigenvalue weighted by Crippen LogP contribution is 2.22. The van der Waals surface area contributed by atoms with Crippen LogP contribution in [0.3, 0.4) is 0 Å². The number of carbonyl (C=O) groups is 1. The maximum Gasteiger partial charge on any atom is 0.225 e. The van der Waals surface area contributed by atoms with Gasteiger partial charge in [-0.15, -0.1) is 0 Å². The maximum atomic E-state index is 12.4. The van der Waals surface area contributed by atoms with Crippen molar-refractivity contribution in [1.82, 2.24) is 19.4 Å². The second-order valence-corrected chi connectivity index (χ2v) is 6.44. The van der Waals surface area contributed by atoms with E-state index in [0.717, 1.165) is 39.0 Å². The van der Waals surface area contributed by atoms with E-state index in [1.54, 1.807) is 11.6 Å². The topological polar surface area (TPSA) is 61.6 Å². The van der Waals surface area contributed by atoms with Gasteiger partial charge in [-0.05, 0) is 25.9 Å². The zero-order valence-corrected chi connectivity index (χ0v) is 15.0. The van der Waals surface area contributed by atoms with Crippen molar-refractivity contribution in [3.05, 3.63) is 17.2 Å². The standard InChI is InChI=1S/C16H27ClN4O2/c1-4-20(5-2)12-6-8-21(9-7-12)15(23)10-13(22)16-18-11-14(17)19(16)3/h11-13,22H,4-10H2,1-3H3/t13-/m0/s1. The number of imidazole rings is 1. The molecule has 1 aliphatic heterocycles. The lowest BCUT2D eigenvalue weighted by Crippen LogP contribution is -2.46. The molecule has 0 bridgehead atoms. The summed E-state index contributed by atoms with van der Waals surface area (Å²) in [6, 6.07) is 0.562. The van der Waals surface area contributed by atoms with Gasteiger partial charge in [0.2, 0.25) is 5.91 Å². The first-order valence-corrected chi connectivity index (χ1v) is 8.72. The van der Waals surface area contributed by atoms with Crippen molar-refractivity contribution in [1.29, 1.82) is 0 Å². The molecule has 6 nitrogen and oxygen atoms in total. The monoisotopic (exact) mass is 342 g/mol. The van der Waals surface area contributed by atoms with Gasteiger partial charge in [0.15, 0.2) is 0 Å². The molecule has 1 atom stereocenters. The molecule has 2 heterocycles. The Hall–Kier alpha value is -1.11. The van der Waals surface area contributed by atoms with Crippen LogP contribution in [-0.4, -0.2) is 62.6 Å². The number of likely N-dealkylation sites (tertiary alicyclic amines) is 1. The second kappa shape index (κ2) is 8.13. The third-order valence-electron chi connectivity index (χ3n) is 4.78. The predicted molar refractivity (Wildman–Crippen MR) is 90.3 cm³/mol. The van der Waals surface area contributed by atoms with Gasteiger partial charge in [-0.2, -0.15) is 0 Å². The molecule has 1 aliphatic rings. The average Bonchev–Trinajstić information content (AvgIpc) is 2.88. The first-order valence-electron chi connectivity index (χ1n) is 8.34. The van der Waals surface area contributed by atoms with Crippen molar-refractivity contribution in [2.45, 2.75) is 45.3 Å². The summed E-state index contributed by atoms with van der Waals surface area (Å²) in [6.45, 7) is 7.97. The van der Waals surface area contributed by atoms with Crippen LogP contribution in [0.1, 0.15) is 45.0 Å². The van der Waals surface area contributed by atoms with E-state index < -0.39 is 6.10 Å². The molecule has 2 rings (SSSR count). The number of aliphatic hydroxyl groups is 1. The largest absolute Gasteiger partial charge is 0.385 e. The highest BCUT2D eigenvalue weighted by Gasteiger charge is 2.27. The SMILES string of the molecule is CCN(CC)C1CCN(C(=O)C[C@H](O)c2ncc(Cl)n2C)CC1. The number of piperidine rings is 1. The smallest absolute Gasteiger partial charge is 0.225 e. The van der Waals surface area contributed by atoms with Gasteiger partial charge < -0.3 is 19.5 Å². The average molecular weight is 343 g/mol. The summed E-state index contributed by atoms with van der Waals surface area (Å²) in [5, 5.41) is 10.7. The molecular formula is C16H27ClN4O2. The summed E-state index contributed by atoms with van der Waals surface area (Å²) in [7, 11) is 1.73. The number of aromatic nitrogens is 2. The van der Waals surface area contributed by atoms with Crippen LogP contribution in [0.15, 0.2) is 6.20 Å². The minimum Gasteiger partial charge on any atom is -0.385 e. The molecule has 7 heteroatoms. The Bertz CT molecular complexity index is 522. The van der Waals surface area contributed by atoms with Gasteiger partial charge in [0, 0.05) is 26.2 Å². The fraction of sp³-hybridized carbons (Fsp3) is 0.750. The molecule has 23 heavy (non-hydrogen) atoms. The summed E-state index contributed by atoms with van der Waals surface area (Å²) < 4.78 is 1.60. The number of hydrogen-bond acceptors (Lipinski definition) is 4. The summed E-state index contributed by atoms with van der Waals surface area (Å²) in [5.41, 5.74) is 0. The van der Waals surface area contributed by atoms with Crippen molar-refractivity contribution in [2.24, 2.45) is 7.05 Å². The lowest BCUT2D eigenvalue weighted by molar-refractivity contribution is -0.135. The van der Waals surface area contributed by atoms with Crippen molar-refractivity contribution >= 4 is 17.5 Å². The molecule has 0 radical (unpaired) electrons. The van der Waals surface area contributed by atoms with Gasteiger partial charge in [0.25, 0.3) is 0 Å². The molecule has 0 saturated carbocycles. The first-order chi connectivity index (χ1) is 11.0. The summed E-state index contributed by atoms with van der Waals surface area (Å²) in [6.07, 6.45) is 2.62. The normalized spacial score (nSPS) is 17.7. The quantitative estimate of drug-likeness (QED) is 0.856. The number of carbonyl (C=O) groups excluding carboxylic acids is 1. The van der Waals surface area contributed by atoms with Crippen LogP contribution in [0.5, 0.6) is 0 Å². The number of amides is 1. The van der Waals surface area contributed by atoms with E-state index in [1.165, 1.54) is 6.20 Å². The number of aliphatic hydroxyl groups excluding tert-OH is 1. The summed E-state index contributed by atoms with van der Waals surface area (Å²) in [4.78, 5) is 20.8. The van der Waals surface area contributed by atoms with E-state index in [-0.39, 0.29) is 12.3 Å². The fourth-order valence-corrected chi connectivity index (χ4v) is 3.45. The number of halogens is 1. The van der Waals surface area contributed by atoms with E-state index in [1.807, 2.05) is 4.90 Å². The number of nitrogens with zero attached hydrogens (tertiary/aromatic N) is 4. The van der Waals surface area contributed by atoms with Crippen LogP contribution in [-0.2, 0) is 11.8 Å². The van der Waals surface area contributed by atoms with Crippen LogP contribution in [0.25, 0.3) is 0 Å². The summed E-state index contributed by atoms with van der Waals surface area (Å²) >= 11 is 5.92. The first kappa shape index (κ1) is 18.2. The van der Waals surface area contributed by atoms with E-state index in [9.17, 15) is 9.90 Å². The van der Waals surface area contributed by atoms with Gasteiger partial charge in [-0.25, -0.2) is 4.98 Å². The molecule has 130 valence electrons. The van der Waals surface area contributed by atoms with Crippen molar-refractivity contribution in [3.8, 4) is 0 Å². The highest BCUT2D eigenvalue weighted by molar-refractivity contribution is 6.29. The number of rotatable bonds is 6. The Kier molecular flexibility index (Phi) is 6.44. The molecule has 0 aromatic carbocycles. The molecule has 1 fully saturated rings. The molecule has 1 N–H and O–H groups in total. The zero-order valence-electron chi connectivity index (χ0n) is 14.2. The molecule has 0 spiro atoms. The van der Waals surface area contributed by atoms with Crippen LogP contribution < -0.4 is 0 Å². The highest BCUT2D eigenvalue weighted by atomic mass is 35.5. The van der Waals surface area contributed by atoms with Gasteiger partial charge in [-0.1, -0.05) is 25.4 Å². The fourth-order valence-electron chi connectivity index (χ4n) is 3.32. The number of hydrogen-bond donors (Lipinski definition) is 1. The van der Waals surface area contributed by atoms with Crippen molar-refractivity contribution in [3.63, 3.8) is 0 Å². The Labute approximate surface area is 143 Å². The Morgan fingerprint density at radius 1 is 1.43 bits per heavy atom. The molecular weight excluding hydrogens is 316 g/mol. The maximum absolute atomic E-state index is 12.4. The van der Waals surface area contributed by atoms with Gasteiger partial charge in [0.1, 0.15) is 17.1 Å². The zero-order chi connectivity index (χ0) is 17.0. The van der Waals surface area contributed by atoms with Gasteiger partial charge >= 0.3 is 0 Å². The Morgan fingerprint density at radius 3 is 2.52 bits per heavy atom. The molecule has 1 saturated heterocycles. The third kappa shape index (κ3) is 4.25. The van der Waals surface area contributed by atoms with E-state index in [2.05, 4.69) is 23.7 Å².